The third-order valence-electron chi connectivity index (χ3n) is 4.98. The number of carbonyl (C=O) groups excluding carboxylic acids is 1. The average Bonchev–Trinajstić information content (AvgIpc) is 2.41. The molecule has 2 aliphatic carbocycles. The molecule has 2 nitrogen and oxygen atoms in total. The highest BCUT2D eigenvalue weighted by Gasteiger charge is 2.46. The van der Waals surface area contributed by atoms with Crippen LogP contribution in [0.3, 0.4) is 0 Å². The van der Waals surface area contributed by atoms with Gasteiger partial charge in [0.15, 0.2) is 0 Å². The molecule has 20 heavy (non-hydrogen) atoms. The molecular formula is C17H22FNO. The first kappa shape index (κ1) is 13.6. The van der Waals surface area contributed by atoms with Crippen molar-refractivity contribution >= 4 is 5.91 Å². The fraction of sp³-hybridized carbons (Fsp3) is 0.588. The first-order chi connectivity index (χ1) is 9.71. The van der Waals surface area contributed by atoms with Crippen LogP contribution in [0.4, 0.5) is 4.39 Å². The predicted molar refractivity (Wildman–Crippen MR) is 76.9 cm³/mol. The number of hydrogen-bond donors (Lipinski definition) is 1. The maximum absolute atomic E-state index is 13.1. The van der Waals surface area contributed by atoms with E-state index >= 15 is 0 Å². The van der Waals surface area contributed by atoms with Crippen molar-refractivity contribution in [1.29, 1.82) is 0 Å². The van der Waals surface area contributed by atoms with Gasteiger partial charge in [0.05, 0.1) is 5.41 Å². The molecular weight excluding hydrogens is 253 g/mol. The molecule has 0 spiro atoms. The van der Waals surface area contributed by atoms with Crippen LogP contribution < -0.4 is 5.32 Å². The smallest absolute Gasteiger partial charge is 0.230 e. The summed E-state index contributed by atoms with van der Waals surface area (Å²) in [7, 11) is 0. The lowest BCUT2D eigenvalue weighted by Crippen LogP contribution is -2.52. The molecule has 1 aromatic rings. The summed E-state index contributed by atoms with van der Waals surface area (Å²) >= 11 is 0. The Morgan fingerprint density at radius 1 is 1.05 bits per heavy atom. The van der Waals surface area contributed by atoms with Gasteiger partial charge in [0.2, 0.25) is 5.91 Å². The van der Waals surface area contributed by atoms with Crippen LogP contribution in [0.5, 0.6) is 0 Å². The Kier molecular flexibility index (Phi) is 3.77. The molecule has 2 fully saturated rings. The molecule has 1 amide bonds. The number of benzene rings is 1. The van der Waals surface area contributed by atoms with Gasteiger partial charge in [-0.3, -0.25) is 4.79 Å². The fourth-order valence-corrected chi connectivity index (χ4v) is 3.52. The van der Waals surface area contributed by atoms with Crippen molar-refractivity contribution in [3.05, 3.63) is 35.6 Å². The topological polar surface area (TPSA) is 29.1 Å². The number of nitrogens with one attached hydrogen (secondary N) is 1. The number of carbonyl (C=O) groups is 1. The Labute approximate surface area is 119 Å². The Morgan fingerprint density at radius 3 is 2.25 bits per heavy atom. The Balaban J connectivity index is 1.74. The largest absolute Gasteiger partial charge is 0.353 e. The molecule has 0 radical (unpaired) electrons. The second-order valence-electron chi connectivity index (χ2n) is 6.25. The lowest BCUT2D eigenvalue weighted by molar-refractivity contribution is -0.130. The summed E-state index contributed by atoms with van der Waals surface area (Å²) < 4.78 is 13.1. The van der Waals surface area contributed by atoms with Crippen LogP contribution in [0.25, 0.3) is 0 Å². The molecule has 1 aromatic carbocycles. The van der Waals surface area contributed by atoms with Gasteiger partial charge in [0, 0.05) is 6.04 Å². The Bertz CT molecular complexity index is 472. The molecule has 2 aliphatic rings. The standard InChI is InChI=1S/C17H22FNO/c18-14-9-7-13(8-10-14)17(11-4-12-17)16(20)19-15-5-2-1-3-6-15/h7-10,15H,1-6,11-12H2,(H,19,20). The summed E-state index contributed by atoms with van der Waals surface area (Å²) in [5, 5.41) is 3.24. The number of hydrogen-bond acceptors (Lipinski definition) is 1. The minimum absolute atomic E-state index is 0.155. The van der Waals surface area contributed by atoms with Gasteiger partial charge >= 0.3 is 0 Å². The second-order valence-corrected chi connectivity index (χ2v) is 6.25. The van der Waals surface area contributed by atoms with Crippen LogP contribution in [0.15, 0.2) is 24.3 Å². The first-order valence-electron chi connectivity index (χ1n) is 7.78. The summed E-state index contributed by atoms with van der Waals surface area (Å²) in [4.78, 5) is 12.7. The van der Waals surface area contributed by atoms with Gasteiger partial charge in [-0.05, 0) is 43.4 Å². The van der Waals surface area contributed by atoms with E-state index in [2.05, 4.69) is 5.32 Å². The van der Waals surface area contributed by atoms with Crippen molar-refractivity contribution in [2.24, 2.45) is 0 Å². The molecule has 0 saturated heterocycles. The molecule has 2 saturated carbocycles. The number of amides is 1. The normalized spacial score (nSPS) is 22.1. The molecule has 0 aliphatic heterocycles. The van der Waals surface area contributed by atoms with E-state index in [9.17, 15) is 9.18 Å². The van der Waals surface area contributed by atoms with Crippen molar-refractivity contribution in [3.8, 4) is 0 Å². The van der Waals surface area contributed by atoms with Gasteiger partial charge < -0.3 is 5.32 Å². The second kappa shape index (κ2) is 5.55. The highest BCUT2D eigenvalue weighted by atomic mass is 19.1. The first-order valence-corrected chi connectivity index (χ1v) is 7.78. The lowest BCUT2D eigenvalue weighted by Gasteiger charge is -2.42. The van der Waals surface area contributed by atoms with Crippen LogP contribution in [0.1, 0.15) is 56.9 Å². The molecule has 0 heterocycles. The van der Waals surface area contributed by atoms with Crippen molar-refractivity contribution in [1.82, 2.24) is 5.32 Å². The molecule has 3 rings (SSSR count). The molecule has 1 N–H and O–H groups in total. The third kappa shape index (κ3) is 2.46. The maximum Gasteiger partial charge on any atom is 0.230 e. The highest BCUT2D eigenvalue weighted by molar-refractivity contribution is 5.89. The van der Waals surface area contributed by atoms with Crippen molar-refractivity contribution in [2.75, 3.05) is 0 Å². The van der Waals surface area contributed by atoms with E-state index in [-0.39, 0.29) is 11.7 Å². The summed E-state index contributed by atoms with van der Waals surface area (Å²) in [5.74, 6) is -0.0850. The van der Waals surface area contributed by atoms with E-state index < -0.39 is 5.41 Å². The summed E-state index contributed by atoms with van der Waals surface area (Å²) in [6.45, 7) is 0. The zero-order chi connectivity index (χ0) is 14.0. The van der Waals surface area contributed by atoms with E-state index in [0.29, 0.717) is 6.04 Å². The number of halogens is 1. The van der Waals surface area contributed by atoms with Crippen molar-refractivity contribution in [2.45, 2.75) is 62.8 Å². The van der Waals surface area contributed by atoms with Gasteiger partial charge in [-0.1, -0.05) is 37.8 Å². The average molecular weight is 275 g/mol. The fourth-order valence-electron chi connectivity index (χ4n) is 3.52. The summed E-state index contributed by atoms with van der Waals surface area (Å²) in [6, 6.07) is 6.81. The maximum atomic E-state index is 13.1. The van der Waals surface area contributed by atoms with Gasteiger partial charge in [0.1, 0.15) is 5.82 Å². The Morgan fingerprint density at radius 2 is 1.70 bits per heavy atom. The van der Waals surface area contributed by atoms with Crippen LogP contribution in [0, 0.1) is 5.82 Å². The third-order valence-corrected chi connectivity index (χ3v) is 4.98. The van der Waals surface area contributed by atoms with Gasteiger partial charge in [0.25, 0.3) is 0 Å². The van der Waals surface area contributed by atoms with E-state index in [1.165, 1.54) is 31.4 Å². The SMILES string of the molecule is O=C(NC1CCCCC1)C1(c2ccc(F)cc2)CCC1. The monoisotopic (exact) mass is 275 g/mol. The van der Waals surface area contributed by atoms with E-state index in [0.717, 1.165) is 37.7 Å². The zero-order valence-corrected chi connectivity index (χ0v) is 11.8. The predicted octanol–water partition coefficient (Wildman–Crippen LogP) is 3.70. The highest BCUT2D eigenvalue weighted by Crippen LogP contribution is 2.44. The van der Waals surface area contributed by atoms with Crippen molar-refractivity contribution < 1.29 is 9.18 Å². The van der Waals surface area contributed by atoms with Gasteiger partial charge in [-0.25, -0.2) is 4.39 Å². The molecule has 0 atom stereocenters. The summed E-state index contributed by atoms with van der Waals surface area (Å²) in [6.07, 6.45) is 8.78. The van der Waals surface area contributed by atoms with Gasteiger partial charge in [-0.2, -0.15) is 0 Å². The van der Waals surface area contributed by atoms with E-state index in [4.69, 9.17) is 0 Å². The summed E-state index contributed by atoms with van der Waals surface area (Å²) in [5.41, 5.74) is 0.573. The molecule has 0 aromatic heterocycles. The molecule has 0 unspecified atom stereocenters. The Hall–Kier alpha value is -1.38. The van der Waals surface area contributed by atoms with Crippen LogP contribution in [-0.2, 0) is 10.2 Å². The molecule has 108 valence electrons. The molecule has 0 bridgehead atoms. The number of rotatable bonds is 3. The van der Waals surface area contributed by atoms with Crippen LogP contribution in [0.2, 0.25) is 0 Å². The van der Waals surface area contributed by atoms with Crippen LogP contribution in [-0.4, -0.2) is 11.9 Å². The van der Waals surface area contributed by atoms with Gasteiger partial charge in [-0.15, -0.1) is 0 Å². The minimum Gasteiger partial charge on any atom is -0.353 e. The van der Waals surface area contributed by atoms with E-state index in [1.807, 2.05) is 0 Å². The quantitative estimate of drug-likeness (QED) is 0.895. The van der Waals surface area contributed by atoms with Crippen molar-refractivity contribution in [3.63, 3.8) is 0 Å². The van der Waals surface area contributed by atoms with Crippen LogP contribution >= 0.6 is 0 Å². The van der Waals surface area contributed by atoms with E-state index in [1.54, 1.807) is 12.1 Å². The lowest BCUT2D eigenvalue weighted by atomic mass is 9.63. The molecule has 3 heteroatoms. The zero-order valence-electron chi connectivity index (χ0n) is 11.8. The minimum atomic E-state index is -0.398.